The summed E-state index contributed by atoms with van der Waals surface area (Å²) < 4.78 is 5.69. The molecular formula is C19H24N4O2. The highest BCUT2D eigenvalue weighted by atomic mass is 16.5. The first-order valence-corrected chi connectivity index (χ1v) is 8.16. The Balaban J connectivity index is 1.71. The van der Waals surface area contributed by atoms with Gasteiger partial charge in [-0.3, -0.25) is 9.79 Å². The minimum Gasteiger partial charge on any atom is -0.492 e. The number of guanidine groups is 1. The second-order valence-electron chi connectivity index (χ2n) is 5.40. The molecule has 2 aromatic carbocycles. The summed E-state index contributed by atoms with van der Waals surface area (Å²) in [5.41, 5.74) is 1.91. The van der Waals surface area contributed by atoms with Crippen LogP contribution in [0.2, 0.25) is 0 Å². The Morgan fingerprint density at radius 1 is 1.08 bits per heavy atom. The van der Waals surface area contributed by atoms with Gasteiger partial charge in [-0.1, -0.05) is 36.4 Å². The third-order valence-electron chi connectivity index (χ3n) is 3.34. The fourth-order valence-electron chi connectivity index (χ4n) is 2.21. The van der Waals surface area contributed by atoms with Gasteiger partial charge in [-0.25, -0.2) is 0 Å². The van der Waals surface area contributed by atoms with Crippen LogP contribution in [0.4, 0.5) is 5.69 Å². The molecule has 0 aliphatic heterocycles. The van der Waals surface area contributed by atoms with E-state index in [9.17, 15) is 4.79 Å². The molecule has 0 fully saturated rings. The van der Waals surface area contributed by atoms with E-state index in [4.69, 9.17) is 4.74 Å². The summed E-state index contributed by atoms with van der Waals surface area (Å²) in [5.74, 6) is 1.33. The largest absolute Gasteiger partial charge is 0.492 e. The average Bonchev–Trinajstić information content (AvgIpc) is 2.62. The number of aliphatic imine (C=N–C) groups is 1. The normalized spacial score (nSPS) is 10.9. The second-order valence-corrected chi connectivity index (χ2v) is 5.40. The van der Waals surface area contributed by atoms with Gasteiger partial charge in [0, 0.05) is 32.3 Å². The topological polar surface area (TPSA) is 74.8 Å². The molecule has 6 nitrogen and oxygen atoms in total. The van der Waals surface area contributed by atoms with E-state index in [2.05, 4.69) is 33.1 Å². The lowest BCUT2D eigenvalue weighted by molar-refractivity contribution is -0.114. The summed E-state index contributed by atoms with van der Waals surface area (Å²) in [6.45, 7) is 3.28. The number of carbonyl (C=O) groups excluding carboxylic acids is 1. The molecule has 0 saturated heterocycles. The van der Waals surface area contributed by atoms with E-state index in [1.807, 2.05) is 36.4 Å². The van der Waals surface area contributed by atoms with Crippen molar-refractivity contribution < 1.29 is 9.53 Å². The first-order chi connectivity index (χ1) is 12.2. The van der Waals surface area contributed by atoms with Crippen molar-refractivity contribution in [1.29, 1.82) is 0 Å². The lowest BCUT2D eigenvalue weighted by Gasteiger charge is -2.13. The van der Waals surface area contributed by atoms with Gasteiger partial charge >= 0.3 is 0 Å². The molecule has 0 heterocycles. The standard InChI is InChI=1S/C19H24N4O2/c1-15(24)23-17-9-6-10-18(13-17)25-12-11-21-19(20-2)22-14-16-7-4-3-5-8-16/h3-10,13H,11-12,14H2,1-2H3,(H,23,24)(H2,20,21,22). The predicted octanol–water partition coefficient (Wildman–Crippen LogP) is 2.39. The molecule has 0 atom stereocenters. The van der Waals surface area contributed by atoms with E-state index in [1.165, 1.54) is 12.5 Å². The Kier molecular flexibility index (Phi) is 7.31. The number of anilines is 1. The predicted molar refractivity (Wildman–Crippen MR) is 101 cm³/mol. The third kappa shape index (κ3) is 6.95. The summed E-state index contributed by atoms with van der Waals surface area (Å²) in [6, 6.07) is 17.5. The van der Waals surface area contributed by atoms with Gasteiger partial charge in [0.1, 0.15) is 12.4 Å². The molecule has 0 radical (unpaired) electrons. The van der Waals surface area contributed by atoms with Crippen LogP contribution in [0.25, 0.3) is 0 Å². The fraction of sp³-hybridized carbons (Fsp3) is 0.263. The average molecular weight is 340 g/mol. The SMILES string of the molecule is CN=C(NCCOc1cccc(NC(C)=O)c1)NCc1ccccc1. The van der Waals surface area contributed by atoms with Gasteiger partial charge in [0.15, 0.2) is 5.96 Å². The highest BCUT2D eigenvalue weighted by molar-refractivity contribution is 5.88. The molecule has 25 heavy (non-hydrogen) atoms. The van der Waals surface area contributed by atoms with Crippen molar-refractivity contribution in [2.45, 2.75) is 13.5 Å². The van der Waals surface area contributed by atoms with Crippen LogP contribution in [0.15, 0.2) is 59.6 Å². The maximum Gasteiger partial charge on any atom is 0.221 e. The molecule has 2 rings (SSSR count). The first kappa shape index (κ1) is 18.3. The van der Waals surface area contributed by atoms with E-state index in [0.717, 1.165) is 11.6 Å². The summed E-state index contributed by atoms with van der Waals surface area (Å²) in [5, 5.41) is 9.18. The molecule has 1 amide bonds. The van der Waals surface area contributed by atoms with Crippen LogP contribution in [0, 0.1) is 0 Å². The number of ether oxygens (including phenoxy) is 1. The van der Waals surface area contributed by atoms with Gasteiger partial charge in [-0.15, -0.1) is 0 Å². The van der Waals surface area contributed by atoms with Gasteiger partial charge in [0.05, 0.1) is 6.54 Å². The smallest absolute Gasteiger partial charge is 0.221 e. The summed E-state index contributed by atoms with van der Waals surface area (Å²) in [7, 11) is 1.73. The maximum absolute atomic E-state index is 11.1. The zero-order valence-corrected chi connectivity index (χ0v) is 14.6. The monoisotopic (exact) mass is 340 g/mol. The molecule has 2 aromatic rings. The van der Waals surface area contributed by atoms with Gasteiger partial charge in [0.2, 0.25) is 5.91 Å². The van der Waals surface area contributed by atoms with Crippen LogP contribution in [-0.2, 0) is 11.3 Å². The quantitative estimate of drug-likeness (QED) is 0.411. The second kappa shape index (κ2) is 9.97. The summed E-state index contributed by atoms with van der Waals surface area (Å²) in [6.07, 6.45) is 0. The van der Waals surface area contributed by atoms with Crippen molar-refractivity contribution in [3.05, 3.63) is 60.2 Å². The number of amides is 1. The number of benzene rings is 2. The molecule has 0 aromatic heterocycles. The Morgan fingerprint density at radius 3 is 2.60 bits per heavy atom. The van der Waals surface area contributed by atoms with E-state index in [-0.39, 0.29) is 5.91 Å². The molecule has 6 heteroatoms. The fourth-order valence-corrected chi connectivity index (χ4v) is 2.21. The highest BCUT2D eigenvalue weighted by Crippen LogP contribution is 2.16. The van der Waals surface area contributed by atoms with E-state index < -0.39 is 0 Å². The van der Waals surface area contributed by atoms with E-state index in [1.54, 1.807) is 13.1 Å². The highest BCUT2D eigenvalue weighted by Gasteiger charge is 2.00. The van der Waals surface area contributed by atoms with E-state index in [0.29, 0.717) is 25.4 Å². The number of nitrogens with zero attached hydrogens (tertiary/aromatic N) is 1. The first-order valence-electron chi connectivity index (χ1n) is 8.16. The van der Waals surface area contributed by atoms with E-state index >= 15 is 0 Å². The van der Waals surface area contributed by atoms with Gasteiger partial charge < -0.3 is 20.7 Å². The minimum atomic E-state index is -0.105. The zero-order valence-electron chi connectivity index (χ0n) is 14.6. The number of rotatable bonds is 7. The van der Waals surface area contributed by atoms with Crippen LogP contribution < -0.4 is 20.7 Å². The maximum atomic E-state index is 11.1. The van der Waals surface area contributed by atoms with Crippen molar-refractivity contribution in [3.63, 3.8) is 0 Å². The Bertz CT molecular complexity index is 702. The molecule has 0 aliphatic carbocycles. The lowest BCUT2D eigenvalue weighted by atomic mass is 10.2. The molecule has 132 valence electrons. The van der Waals surface area contributed by atoms with Gasteiger partial charge in [0.25, 0.3) is 0 Å². The zero-order chi connectivity index (χ0) is 17.9. The lowest BCUT2D eigenvalue weighted by Crippen LogP contribution is -2.38. The Labute approximate surface area is 148 Å². The molecule has 3 N–H and O–H groups in total. The molecule has 0 saturated carbocycles. The van der Waals surface area contributed by atoms with Crippen LogP contribution in [0.3, 0.4) is 0 Å². The summed E-state index contributed by atoms with van der Waals surface area (Å²) in [4.78, 5) is 15.3. The molecular weight excluding hydrogens is 316 g/mol. The molecule has 0 unspecified atom stereocenters. The number of hydrogen-bond acceptors (Lipinski definition) is 3. The number of nitrogens with one attached hydrogen (secondary N) is 3. The molecule has 0 bridgehead atoms. The minimum absolute atomic E-state index is 0.105. The van der Waals surface area contributed by atoms with Gasteiger partial charge in [-0.05, 0) is 17.7 Å². The number of carbonyl (C=O) groups is 1. The number of hydrogen-bond donors (Lipinski definition) is 3. The van der Waals surface area contributed by atoms with Crippen molar-refractivity contribution >= 4 is 17.6 Å². The van der Waals surface area contributed by atoms with Crippen molar-refractivity contribution in [2.75, 3.05) is 25.5 Å². The van der Waals surface area contributed by atoms with Gasteiger partial charge in [-0.2, -0.15) is 0 Å². The van der Waals surface area contributed by atoms with Crippen molar-refractivity contribution in [3.8, 4) is 5.75 Å². The third-order valence-corrected chi connectivity index (χ3v) is 3.34. The molecule has 0 aliphatic rings. The van der Waals surface area contributed by atoms with Crippen LogP contribution >= 0.6 is 0 Å². The molecule has 0 spiro atoms. The Hall–Kier alpha value is -3.02. The van der Waals surface area contributed by atoms with Crippen molar-refractivity contribution in [1.82, 2.24) is 10.6 Å². The Morgan fingerprint density at radius 2 is 1.88 bits per heavy atom. The van der Waals surface area contributed by atoms with Crippen LogP contribution in [0.1, 0.15) is 12.5 Å². The van der Waals surface area contributed by atoms with Crippen LogP contribution in [-0.4, -0.2) is 32.1 Å². The van der Waals surface area contributed by atoms with Crippen LogP contribution in [0.5, 0.6) is 5.75 Å². The van der Waals surface area contributed by atoms with Crippen molar-refractivity contribution in [2.24, 2.45) is 4.99 Å². The summed E-state index contributed by atoms with van der Waals surface area (Å²) >= 11 is 0.